The molecule has 1 amide bonds. The molecule has 0 N–H and O–H groups in total. The number of hydrogen-bond acceptors (Lipinski definition) is 7. The van der Waals surface area contributed by atoms with Crippen LogP contribution in [-0.4, -0.2) is 48.8 Å². The first-order valence-electron chi connectivity index (χ1n) is 11.8. The second kappa shape index (κ2) is 11.4. The van der Waals surface area contributed by atoms with Gasteiger partial charge in [0.25, 0.3) is 5.91 Å². The lowest BCUT2D eigenvalue weighted by Crippen LogP contribution is -2.39. The van der Waals surface area contributed by atoms with Gasteiger partial charge in [0.05, 0.1) is 30.3 Å². The molecule has 4 rings (SSSR count). The van der Waals surface area contributed by atoms with E-state index in [0.717, 1.165) is 24.2 Å². The Morgan fingerprint density at radius 2 is 1.82 bits per heavy atom. The van der Waals surface area contributed by atoms with Gasteiger partial charge in [0, 0.05) is 12.1 Å². The number of halogens is 6. The molecule has 2 heterocycles. The number of ether oxygens (including phenoxy) is 3. The Morgan fingerprint density at radius 3 is 2.48 bits per heavy atom. The predicted molar refractivity (Wildman–Crippen MR) is 134 cm³/mol. The second-order valence-electron chi connectivity index (χ2n) is 8.75. The van der Waals surface area contributed by atoms with Crippen LogP contribution in [0.15, 0.2) is 46.3 Å². The Bertz CT molecular complexity index is 1370. The van der Waals surface area contributed by atoms with E-state index in [4.69, 9.17) is 14.2 Å². The molecule has 0 aromatic heterocycles. The maximum atomic E-state index is 13.5. The summed E-state index contributed by atoms with van der Waals surface area (Å²) in [5.74, 6) is -0.754. The normalized spacial score (nSPS) is 18.8. The molecule has 0 aliphatic carbocycles. The van der Waals surface area contributed by atoms with Crippen molar-refractivity contribution in [2.45, 2.75) is 37.8 Å². The largest absolute Gasteiger partial charge is 0.493 e. The molecule has 7 nitrogen and oxygen atoms in total. The molecule has 214 valence electrons. The van der Waals surface area contributed by atoms with Crippen LogP contribution in [0.3, 0.4) is 0 Å². The fraction of sp³-hybridized carbons (Fsp3) is 0.346. The number of aliphatic imine (C=N–C) groups is 1. The fourth-order valence-corrected chi connectivity index (χ4v) is 5.23. The minimum atomic E-state index is -5.03. The van der Waals surface area contributed by atoms with Crippen molar-refractivity contribution in [2.75, 3.05) is 20.8 Å². The number of thioether (sulfide) groups is 1. The number of carbonyl (C=O) groups excluding carboxylic acids is 2. The number of methoxy groups -OCH3 is 2. The van der Waals surface area contributed by atoms with E-state index in [1.54, 1.807) is 4.90 Å². The van der Waals surface area contributed by atoms with Gasteiger partial charge in [-0.2, -0.15) is 31.3 Å². The molecule has 1 fully saturated rings. The first-order valence-corrected chi connectivity index (χ1v) is 12.6. The SMILES string of the molecule is COC(=O)C1CCCN1C1=NC(=O)C(=Cc2ccc(OCc3ccc(C(F)(F)F)cc3C(F)(F)F)c(OC)c2)S1. The van der Waals surface area contributed by atoms with E-state index < -0.39 is 53.6 Å². The highest BCUT2D eigenvalue weighted by Crippen LogP contribution is 2.39. The van der Waals surface area contributed by atoms with Gasteiger partial charge in [-0.3, -0.25) is 4.79 Å². The summed E-state index contributed by atoms with van der Waals surface area (Å²) < 4.78 is 94.8. The minimum Gasteiger partial charge on any atom is -0.493 e. The molecule has 2 aliphatic heterocycles. The van der Waals surface area contributed by atoms with Crippen molar-refractivity contribution in [3.63, 3.8) is 0 Å². The zero-order valence-corrected chi connectivity index (χ0v) is 21.9. The van der Waals surface area contributed by atoms with E-state index in [0.29, 0.717) is 29.8 Å². The number of benzene rings is 2. The number of amides is 1. The van der Waals surface area contributed by atoms with Crippen LogP contribution in [0.2, 0.25) is 0 Å². The number of hydrogen-bond donors (Lipinski definition) is 0. The van der Waals surface area contributed by atoms with Crippen LogP contribution in [-0.2, 0) is 33.3 Å². The van der Waals surface area contributed by atoms with Crippen molar-refractivity contribution in [1.29, 1.82) is 0 Å². The summed E-state index contributed by atoms with van der Waals surface area (Å²) in [5.41, 5.74) is -2.87. The highest BCUT2D eigenvalue weighted by molar-refractivity contribution is 8.18. The average molecular weight is 589 g/mol. The van der Waals surface area contributed by atoms with Gasteiger partial charge >= 0.3 is 18.3 Å². The van der Waals surface area contributed by atoms with Gasteiger partial charge in [-0.25, -0.2) is 4.79 Å². The number of nitrogens with zero attached hydrogens (tertiary/aromatic N) is 2. The van der Waals surface area contributed by atoms with Crippen molar-refractivity contribution in [2.24, 2.45) is 4.99 Å². The molecule has 0 radical (unpaired) electrons. The van der Waals surface area contributed by atoms with E-state index in [1.807, 2.05) is 0 Å². The van der Waals surface area contributed by atoms with Gasteiger partial charge < -0.3 is 19.1 Å². The third kappa shape index (κ3) is 6.37. The fourth-order valence-electron chi connectivity index (χ4n) is 4.24. The summed E-state index contributed by atoms with van der Waals surface area (Å²) in [5, 5.41) is 0.382. The Morgan fingerprint density at radius 1 is 1.07 bits per heavy atom. The van der Waals surface area contributed by atoms with Crippen molar-refractivity contribution in [1.82, 2.24) is 4.90 Å². The second-order valence-corrected chi connectivity index (χ2v) is 9.76. The molecule has 40 heavy (non-hydrogen) atoms. The molecule has 0 bridgehead atoms. The molecule has 2 aromatic carbocycles. The molecule has 1 unspecified atom stereocenters. The minimum absolute atomic E-state index is 0.0398. The van der Waals surface area contributed by atoms with Crippen molar-refractivity contribution < 1.29 is 50.1 Å². The Hall–Kier alpha value is -3.68. The monoisotopic (exact) mass is 588 g/mol. The molecular formula is C26H22F6N2O5S. The zero-order valence-electron chi connectivity index (χ0n) is 21.1. The quantitative estimate of drug-likeness (QED) is 0.236. The van der Waals surface area contributed by atoms with Crippen LogP contribution < -0.4 is 9.47 Å². The summed E-state index contributed by atoms with van der Waals surface area (Å²) in [6.45, 7) is -0.131. The first-order chi connectivity index (χ1) is 18.8. The summed E-state index contributed by atoms with van der Waals surface area (Å²) >= 11 is 1.10. The van der Waals surface area contributed by atoms with Gasteiger partial charge in [-0.1, -0.05) is 12.1 Å². The van der Waals surface area contributed by atoms with Crippen molar-refractivity contribution in [3.8, 4) is 11.5 Å². The van der Waals surface area contributed by atoms with Crippen molar-refractivity contribution in [3.05, 3.63) is 63.6 Å². The summed E-state index contributed by atoms with van der Waals surface area (Å²) in [7, 11) is 2.59. The smallest absolute Gasteiger partial charge is 0.416 e. The standard InChI is InChI=1S/C26H22F6N2O5S/c1-37-20-10-14(11-21-22(35)33-24(40-21)34-9-3-4-18(34)23(36)38-2)5-8-19(20)39-13-15-6-7-16(25(27,28)29)12-17(15)26(30,31)32/h5-8,10-12,18H,3-4,9,13H2,1-2H3. The van der Waals surface area contributed by atoms with Crippen LogP contribution in [0.4, 0.5) is 26.3 Å². The number of esters is 1. The lowest BCUT2D eigenvalue weighted by Gasteiger charge is -2.23. The van der Waals surface area contributed by atoms with Gasteiger partial charge in [0.15, 0.2) is 16.7 Å². The lowest BCUT2D eigenvalue weighted by molar-refractivity contribution is -0.145. The molecule has 0 spiro atoms. The van der Waals surface area contributed by atoms with Crippen LogP contribution in [0, 0.1) is 0 Å². The molecule has 0 saturated carbocycles. The molecule has 1 atom stereocenters. The summed E-state index contributed by atoms with van der Waals surface area (Å²) in [4.78, 5) is 30.6. The highest BCUT2D eigenvalue weighted by Gasteiger charge is 2.39. The van der Waals surface area contributed by atoms with E-state index in [-0.39, 0.29) is 22.5 Å². The molecule has 14 heteroatoms. The number of alkyl halides is 6. The lowest BCUT2D eigenvalue weighted by atomic mass is 10.0. The zero-order chi connectivity index (χ0) is 29.2. The van der Waals surface area contributed by atoms with Gasteiger partial charge in [0.1, 0.15) is 12.6 Å². The van der Waals surface area contributed by atoms with E-state index in [1.165, 1.54) is 38.5 Å². The van der Waals surface area contributed by atoms with Crippen molar-refractivity contribution >= 4 is 34.9 Å². The third-order valence-corrected chi connectivity index (χ3v) is 7.21. The Kier molecular flexibility index (Phi) is 8.38. The predicted octanol–water partition coefficient (Wildman–Crippen LogP) is 5.92. The molecule has 1 saturated heterocycles. The van der Waals surface area contributed by atoms with Crippen LogP contribution in [0.1, 0.15) is 35.1 Å². The molecular weight excluding hydrogens is 566 g/mol. The van der Waals surface area contributed by atoms with Gasteiger partial charge in [-0.05, 0) is 60.5 Å². The highest BCUT2D eigenvalue weighted by atomic mass is 32.2. The number of likely N-dealkylation sites (tertiary alicyclic amines) is 1. The topological polar surface area (TPSA) is 77.4 Å². The van der Waals surface area contributed by atoms with Crippen LogP contribution in [0.5, 0.6) is 11.5 Å². The number of amidine groups is 1. The van der Waals surface area contributed by atoms with Crippen LogP contribution in [0.25, 0.3) is 6.08 Å². The third-order valence-electron chi connectivity index (χ3n) is 6.19. The summed E-state index contributed by atoms with van der Waals surface area (Å²) in [6, 6.07) is 5.23. The van der Waals surface area contributed by atoms with E-state index >= 15 is 0 Å². The van der Waals surface area contributed by atoms with E-state index in [9.17, 15) is 35.9 Å². The first kappa shape index (κ1) is 29.3. The number of rotatable bonds is 6. The Labute approximate surface area is 228 Å². The van der Waals surface area contributed by atoms with Gasteiger partial charge in [0.2, 0.25) is 0 Å². The average Bonchev–Trinajstić information content (AvgIpc) is 3.53. The Balaban J connectivity index is 1.50. The molecule has 2 aromatic rings. The van der Waals surface area contributed by atoms with E-state index in [2.05, 4.69) is 4.99 Å². The van der Waals surface area contributed by atoms with Crippen LogP contribution >= 0.6 is 11.8 Å². The summed E-state index contributed by atoms with van der Waals surface area (Å²) in [6.07, 6.45) is -7.11. The van der Waals surface area contributed by atoms with Gasteiger partial charge in [-0.15, -0.1) is 0 Å². The molecule has 2 aliphatic rings. The maximum absolute atomic E-state index is 13.5. The number of carbonyl (C=O) groups is 2. The maximum Gasteiger partial charge on any atom is 0.416 e.